The molecular weight excluding hydrogens is 355 g/mol. The molecule has 0 N–H and O–H groups in total. The van der Waals surface area contributed by atoms with Gasteiger partial charge in [0.2, 0.25) is 0 Å². The van der Waals surface area contributed by atoms with Crippen LogP contribution in [0.4, 0.5) is 0 Å². The first-order valence-corrected chi connectivity index (χ1v) is 16.6. The van der Waals surface area contributed by atoms with Gasteiger partial charge in [0.15, 0.2) is 0 Å². The van der Waals surface area contributed by atoms with Gasteiger partial charge in [0, 0.05) is 0 Å². The van der Waals surface area contributed by atoms with E-state index in [0.29, 0.717) is 0 Å². The van der Waals surface area contributed by atoms with Crippen LogP contribution >= 0.6 is 11.3 Å². The first kappa shape index (κ1) is 17.5. The summed E-state index contributed by atoms with van der Waals surface area (Å²) >= 11 is 0.0251. The molecular formula is C17H32SSn. The predicted octanol–water partition coefficient (Wildman–Crippen LogP) is 6.11. The van der Waals surface area contributed by atoms with Crippen molar-refractivity contribution >= 4 is 32.6 Å². The minimum atomic E-state index is -2.08. The van der Waals surface area contributed by atoms with Crippen LogP contribution in [-0.2, 0) is 0 Å². The second-order valence-electron chi connectivity index (χ2n) is 6.02. The predicted molar refractivity (Wildman–Crippen MR) is 93.6 cm³/mol. The Morgan fingerprint density at radius 3 is 1.68 bits per heavy atom. The van der Waals surface area contributed by atoms with Crippen molar-refractivity contribution in [3.8, 4) is 0 Å². The maximum atomic E-state index is 2.37. The first-order chi connectivity index (χ1) is 9.20. The molecule has 0 saturated heterocycles. The van der Waals surface area contributed by atoms with Crippen molar-refractivity contribution in [2.75, 3.05) is 0 Å². The van der Waals surface area contributed by atoms with Crippen LogP contribution in [0.5, 0.6) is 0 Å². The molecule has 0 bridgehead atoms. The van der Waals surface area contributed by atoms with Crippen LogP contribution in [-0.4, -0.2) is 18.4 Å². The standard InChI is InChI=1S/C5H5S.3C4H9.Sn/c1-5-2-3-6-4-5;3*1-3-4-2;/h2-3H,1H3;3*1,3-4H2,2H3;. The van der Waals surface area contributed by atoms with E-state index in [1.165, 1.54) is 38.5 Å². The molecule has 0 aliphatic carbocycles. The molecule has 0 nitrogen and oxygen atoms in total. The van der Waals surface area contributed by atoms with Gasteiger partial charge in [-0.05, 0) is 0 Å². The maximum absolute atomic E-state index is 2.37. The first-order valence-electron chi connectivity index (χ1n) is 8.24. The van der Waals surface area contributed by atoms with E-state index < -0.39 is 18.4 Å². The summed E-state index contributed by atoms with van der Waals surface area (Å²) in [5, 5.41) is 2.35. The van der Waals surface area contributed by atoms with E-state index in [2.05, 4.69) is 50.5 Å². The van der Waals surface area contributed by atoms with Crippen LogP contribution in [0.3, 0.4) is 0 Å². The van der Waals surface area contributed by atoms with E-state index in [-0.39, 0.29) is 0 Å². The number of rotatable bonds is 10. The van der Waals surface area contributed by atoms with Gasteiger partial charge in [0.1, 0.15) is 0 Å². The van der Waals surface area contributed by atoms with Gasteiger partial charge < -0.3 is 0 Å². The molecule has 0 unspecified atom stereocenters. The van der Waals surface area contributed by atoms with Gasteiger partial charge in [-0.25, -0.2) is 0 Å². The second-order valence-corrected chi connectivity index (χ2v) is 21.0. The summed E-state index contributed by atoms with van der Waals surface area (Å²) in [5.74, 6) is 0. The average Bonchev–Trinajstić information content (AvgIpc) is 2.85. The number of unbranched alkanes of at least 4 members (excludes halogenated alkanes) is 3. The number of thiophene rings is 1. The van der Waals surface area contributed by atoms with Gasteiger partial charge in [-0.15, -0.1) is 0 Å². The summed E-state index contributed by atoms with van der Waals surface area (Å²) in [6.45, 7) is 9.44. The number of hydrogen-bond donors (Lipinski definition) is 0. The van der Waals surface area contributed by atoms with E-state index in [1.807, 2.05) is 2.89 Å². The molecule has 1 aromatic rings. The molecule has 1 heterocycles. The second kappa shape index (κ2) is 9.44. The van der Waals surface area contributed by atoms with E-state index in [4.69, 9.17) is 0 Å². The Labute approximate surface area is 128 Å². The van der Waals surface area contributed by atoms with Gasteiger partial charge in [-0.1, -0.05) is 0 Å². The summed E-state index contributed by atoms with van der Waals surface area (Å²) in [5.41, 5.74) is 1.63. The third-order valence-electron chi connectivity index (χ3n) is 4.37. The molecule has 1 aromatic heterocycles. The zero-order chi connectivity index (χ0) is 14.1. The van der Waals surface area contributed by atoms with Gasteiger partial charge in [0.25, 0.3) is 0 Å². The third kappa shape index (κ3) is 5.08. The molecule has 0 saturated carbocycles. The van der Waals surface area contributed by atoms with E-state index in [1.54, 1.807) is 18.9 Å². The zero-order valence-corrected chi connectivity index (χ0v) is 17.1. The molecule has 1 rings (SSSR count). The van der Waals surface area contributed by atoms with Crippen molar-refractivity contribution in [2.45, 2.75) is 79.5 Å². The topological polar surface area (TPSA) is 0 Å². The van der Waals surface area contributed by atoms with Gasteiger partial charge >= 0.3 is 129 Å². The fourth-order valence-electron chi connectivity index (χ4n) is 3.18. The Balaban J connectivity index is 2.97. The Kier molecular flexibility index (Phi) is 8.72. The minimum absolute atomic E-state index is 1.38. The Bertz CT molecular complexity index is 321. The quantitative estimate of drug-likeness (QED) is 0.425. The Hall–Kier alpha value is 0.499. The molecule has 0 amide bonds. The van der Waals surface area contributed by atoms with E-state index >= 15 is 0 Å². The Morgan fingerprint density at radius 1 is 0.895 bits per heavy atom. The molecule has 0 aliphatic heterocycles. The van der Waals surface area contributed by atoms with E-state index in [9.17, 15) is 0 Å². The molecule has 0 aliphatic rings. The number of hydrogen-bond acceptors (Lipinski definition) is 1. The normalized spacial score (nSPS) is 12.0. The molecule has 0 fully saturated rings. The van der Waals surface area contributed by atoms with Crippen molar-refractivity contribution in [3.05, 3.63) is 17.0 Å². The van der Waals surface area contributed by atoms with Crippen molar-refractivity contribution in [1.82, 2.24) is 0 Å². The van der Waals surface area contributed by atoms with Crippen molar-refractivity contribution in [3.63, 3.8) is 0 Å². The summed E-state index contributed by atoms with van der Waals surface area (Å²) in [4.78, 5) is 0. The fraction of sp³-hybridized carbons (Fsp3) is 0.765. The average molecular weight is 387 g/mol. The number of aryl methyl sites for hydroxylation is 1. The fourth-order valence-corrected chi connectivity index (χ4v) is 24.4. The van der Waals surface area contributed by atoms with Crippen LogP contribution in [0.1, 0.15) is 64.9 Å². The molecule has 2 heteroatoms. The van der Waals surface area contributed by atoms with Gasteiger partial charge in [0.05, 0.1) is 0 Å². The van der Waals surface area contributed by atoms with Crippen LogP contribution in [0.2, 0.25) is 13.3 Å². The molecule has 19 heavy (non-hydrogen) atoms. The summed E-state index contributed by atoms with van der Waals surface area (Å²) in [6, 6.07) is 2.37. The monoisotopic (exact) mass is 388 g/mol. The molecule has 0 atom stereocenters. The molecule has 0 aromatic carbocycles. The van der Waals surface area contributed by atoms with Crippen molar-refractivity contribution in [1.29, 1.82) is 0 Å². The van der Waals surface area contributed by atoms with Crippen LogP contribution in [0, 0.1) is 6.92 Å². The van der Waals surface area contributed by atoms with Crippen LogP contribution in [0.15, 0.2) is 11.4 Å². The molecule has 0 spiro atoms. The van der Waals surface area contributed by atoms with Crippen LogP contribution in [0.25, 0.3) is 0 Å². The molecule has 0 radical (unpaired) electrons. The summed E-state index contributed by atoms with van der Waals surface area (Å²) < 4.78 is 6.72. The van der Waals surface area contributed by atoms with Crippen LogP contribution < -0.4 is 2.89 Å². The summed E-state index contributed by atoms with van der Waals surface area (Å²) in [7, 11) is 0. The summed E-state index contributed by atoms with van der Waals surface area (Å²) in [6.07, 6.45) is 8.55. The third-order valence-corrected chi connectivity index (χ3v) is 24.2. The Morgan fingerprint density at radius 2 is 1.37 bits per heavy atom. The SMILES string of the molecule is CCC[CH2][Sn]([CH2]CCC)([CH2]CCC)[c]1sccc1C. The van der Waals surface area contributed by atoms with Crippen molar-refractivity contribution < 1.29 is 0 Å². The zero-order valence-electron chi connectivity index (χ0n) is 13.4. The molecule has 110 valence electrons. The van der Waals surface area contributed by atoms with Gasteiger partial charge in [-0.3, -0.25) is 0 Å². The van der Waals surface area contributed by atoms with Crippen molar-refractivity contribution in [2.24, 2.45) is 0 Å². The van der Waals surface area contributed by atoms with Gasteiger partial charge in [-0.2, -0.15) is 0 Å². The van der Waals surface area contributed by atoms with E-state index in [0.717, 1.165) is 0 Å².